The van der Waals surface area contributed by atoms with Crippen LogP contribution in [0.1, 0.15) is 35.2 Å². The molecule has 4 rings (SSSR count). The number of aromatic amines is 1. The topological polar surface area (TPSA) is 49.0 Å². The molecule has 1 atom stereocenters. The van der Waals surface area contributed by atoms with Crippen molar-refractivity contribution in [3.63, 3.8) is 0 Å². The van der Waals surface area contributed by atoms with Gasteiger partial charge < -0.3 is 9.88 Å². The van der Waals surface area contributed by atoms with E-state index in [0.29, 0.717) is 31.5 Å². The van der Waals surface area contributed by atoms with Gasteiger partial charge in [-0.15, -0.1) is 0 Å². The molecule has 0 radical (unpaired) electrons. The maximum Gasteiger partial charge on any atom is 0.253 e. The summed E-state index contributed by atoms with van der Waals surface area (Å²) >= 11 is 0. The number of likely N-dealkylation sites (tertiary alicyclic amines) is 1. The standard InChI is InChI=1S/C23H23F2N3O/c24-20-7-2-8-21(25)19(20)10-9-16-4-3-13-28(15-16)23(29)18-6-1-5-17(14-18)22-26-11-12-27-22/h1-2,5-8,11-12,14,16H,3-4,9-10,13,15H2,(H,26,27)/t16-/m1/s1. The number of benzene rings is 2. The quantitative estimate of drug-likeness (QED) is 0.672. The molecule has 3 aromatic rings. The van der Waals surface area contributed by atoms with Crippen molar-refractivity contribution in [1.29, 1.82) is 0 Å². The number of nitrogens with zero attached hydrogens (tertiary/aromatic N) is 2. The highest BCUT2D eigenvalue weighted by Gasteiger charge is 2.25. The second-order valence-corrected chi connectivity index (χ2v) is 7.52. The second-order valence-electron chi connectivity index (χ2n) is 7.52. The van der Waals surface area contributed by atoms with Crippen LogP contribution in [0.25, 0.3) is 11.4 Å². The Kier molecular flexibility index (Phi) is 5.69. The summed E-state index contributed by atoms with van der Waals surface area (Å²) in [7, 11) is 0. The van der Waals surface area contributed by atoms with Gasteiger partial charge in [0, 0.05) is 42.2 Å². The first-order valence-corrected chi connectivity index (χ1v) is 9.94. The molecule has 150 valence electrons. The van der Waals surface area contributed by atoms with E-state index < -0.39 is 11.6 Å². The fourth-order valence-corrected chi connectivity index (χ4v) is 4.01. The van der Waals surface area contributed by atoms with Crippen molar-refractivity contribution in [2.24, 2.45) is 5.92 Å². The van der Waals surface area contributed by atoms with E-state index in [9.17, 15) is 13.6 Å². The van der Waals surface area contributed by atoms with Gasteiger partial charge >= 0.3 is 0 Å². The number of carbonyl (C=O) groups is 1. The zero-order chi connectivity index (χ0) is 20.2. The smallest absolute Gasteiger partial charge is 0.253 e. The van der Waals surface area contributed by atoms with Crippen molar-refractivity contribution in [3.05, 3.63) is 77.6 Å². The molecule has 0 bridgehead atoms. The van der Waals surface area contributed by atoms with Gasteiger partial charge in [0.25, 0.3) is 5.91 Å². The van der Waals surface area contributed by atoms with Gasteiger partial charge in [-0.2, -0.15) is 0 Å². The Morgan fingerprint density at radius 2 is 1.97 bits per heavy atom. The molecular formula is C23H23F2N3O. The summed E-state index contributed by atoms with van der Waals surface area (Å²) < 4.78 is 27.7. The highest BCUT2D eigenvalue weighted by Crippen LogP contribution is 2.25. The Hall–Kier alpha value is -3.02. The van der Waals surface area contributed by atoms with Crippen LogP contribution >= 0.6 is 0 Å². The number of imidazole rings is 1. The predicted octanol–water partition coefficient (Wildman–Crippen LogP) is 4.84. The number of H-pyrrole nitrogens is 1. The van der Waals surface area contributed by atoms with Crippen LogP contribution in [0.4, 0.5) is 8.78 Å². The average Bonchev–Trinajstić information content (AvgIpc) is 3.28. The molecule has 0 spiro atoms. The summed E-state index contributed by atoms with van der Waals surface area (Å²) in [5.41, 5.74) is 1.63. The summed E-state index contributed by atoms with van der Waals surface area (Å²) in [5.74, 6) is -0.0461. The number of halogens is 2. The van der Waals surface area contributed by atoms with Crippen LogP contribution in [0.2, 0.25) is 0 Å². The Morgan fingerprint density at radius 3 is 2.72 bits per heavy atom. The molecule has 1 saturated heterocycles. The summed E-state index contributed by atoms with van der Waals surface area (Å²) in [6.45, 7) is 1.31. The Morgan fingerprint density at radius 1 is 1.17 bits per heavy atom. The summed E-state index contributed by atoms with van der Waals surface area (Å²) in [5, 5.41) is 0. The average molecular weight is 395 g/mol. The van der Waals surface area contributed by atoms with E-state index in [-0.39, 0.29) is 17.4 Å². The van der Waals surface area contributed by atoms with Gasteiger partial charge in [-0.1, -0.05) is 18.2 Å². The number of hydrogen-bond acceptors (Lipinski definition) is 2. The van der Waals surface area contributed by atoms with Crippen LogP contribution in [0.15, 0.2) is 54.9 Å². The van der Waals surface area contributed by atoms with Gasteiger partial charge in [-0.05, 0) is 55.9 Å². The van der Waals surface area contributed by atoms with Gasteiger partial charge in [0.15, 0.2) is 0 Å². The highest BCUT2D eigenvalue weighted by molar-refractivity contribution is 5.95. The van der Waals surface area contributed by atoms with Gasteiger partial charge in [0.05, 0.1) is 0 Å². The lowest BCUT2D eigenvalue weighted by Crippen LogP contribution is -2.40. The number of piperidine rings is 1. The van der Waals surface area contributed by atoms with Crippen molar-refractivity contribution in [2.45, 2.75) is 25.7 Å². The first-order chi connectivity index (χ1) is 14.1. The fourth-order valence-electron chi connectivity index (χ4n) is 4.01. The summed E-state index contributed by atoms with van der Waals surface area (Å²) in [4.78, 5) is 22.2. The van der Waals surface area contributed by atoms with Crippen molar-refractivity contribution < 1.29 is 13.6 Å². The number of nitrogens with one attached hydrogen (secondary N) is 1. The van der Waals surface area contributed by atoms with Crippen molar-refractivity contribution in [1.82, 2.24) is 14.9 Å². The molecular weight excluding hydrogens is 372 g/mol. The monoisotopic (exact) mass is 395 g/mol. The molecule has 0 saturated carbocycles. The van der Waals surface area contributed by atoms with E-state index in [0.717, 1.165) is 24.2 Å². The van der Waals surface area contributed by atoms with Crippen LogP contribution < -0.4 is 0 Å². The molecule has 6 heteroatoms. The van der Waals surface area contributed by atoms with E-state index >= 15 is 0 Å². The molecule has 29 heavy (non-hydrogen) atoms. The van der Waals surface area contributed by atoms with Crippen molar-refractivity contribution in [3.8, 4) is 11.4 Å². The molecule has 1 aliphatic rings. The molecule has 1 aliphatic heterocycles. The van der Waals surface area contributed by atoms with Crippen LogP contribution in [0.5, 0.6) is 0 Å². The third kappa shape index (κ3) is 4.36. The van der Waals surface area contributed by atoms with E-state index in [1.807, 2.05) is 29.2 Å². The molecule has 1 amide bonds. The van der Waals surface area contributed by atoms with Crippen LogP contribution in [0.3, 0.4) is 0 Å². The van der Waals surface area contributed by atoms with Gasteiger partial charge in [-0.3, -0.25) is 4.79 Å². The fraction of sp³-hybridized carbons (Fsp3) is 0.304. The molecule has 2 heterocycles. The third-order valence-corrected chi connectivity index (χ3v) is 5.55. The van der Waals surface area contributed by atoms with Crippen LogP contribution in [-0.4, -0.2) is 33.9 Å². The van der Waals surface area contributed by atoms with Crippen molar-refractivity contribution >= 4 is 5.91 Å². The lowest BCUT2D eigenvalue weighted by atomic mass is 9.91. The molecule has 1 N–H and O–H groups in total. The number of rotatable bonds is 5. The minimum atomic E-state index is -0.497. The minimum absolute atomic E-state index is 0.0137. The Labute approximate surface area is 168 Å². The molecule has 2 aromatic carbocycles. The maximum absolute atomic E-state index is 13.9. The molecule has 0 unspecified atom stereocenters. The summed E-state index contributed by atoms with van der Waals surface area (Å²) in [6.07, 6.45) is 6.29. The normalized spacial score (nSPS) is 16.8. The number of hydrogen-bond donors (Lipinski definition) is 1. The highest BCUT2D eigenvalue weighted by atomic mass is 19.1. The second kappa shape index (κ2) is 8.55. The lowest BCUT2D eigenvalue weighted by molar-refractivity contribution is 0.0668. The lowest BCUT2D eigenvalue weighted by Gasteiger charge is -2.33. The number of amides is 1. The van der Waals surface area contributed by atoms with Crippen molar-refractivity contribution in [2.75, 3.05) is 13.1 Å². The molecule has 4 nitrogen and oxygen atoms in total. The van der Waals surface area contributed by atoms with Crippen LogP contribution in [0, 0.1) is 17.6 Å². The van der Waals surface area contributed by atoms with E-state index in [1.54, 1.807) is 12.4 Å². The van der Waals surface area contributed by atoms with E-state index in [1.165, 1.54) is 18.2 Å². The van der Waals surface area contributed by atoms with Gasteiger partial charge in [0.1, 0.15) is 17.5 Å². The molecule has 0 aliphatic carbocycles. The first kappa shape index (κ1) is 19.3. The van der Waals surface area contributed by atoms with Gasteiger partial charge in [-0.25, -0.2) is 13.8 Å². The molecule has 1 fully saturated rings. The summed E-state index contributed by atoms with van der Waals surface area (Å²) in [6, 6.07) is 11.4. The Bertz CT molecular complexity index is 967. The molecule has 1 aromatic heterocycles. The zero-order valence-electron chi connectivity index (χ0n) is 16.1. The zero-order valence-corrected chi connectivity index (χ0v) is 16.1. The van der Waals surface area contributed by atoms with E-state index in [4.69, 9.17) is 0 Å². The third-order valence-electron chi connectivity index (χ3n) is 5.55. The predicted molar refractivity (Wildman–Crippen MR) is 107 cm³/mol. The van der Waals surface area contributed by atoms with Crippen LogP contribution in [-0.2, 0) is 6.42 Å². The number of aromatic nitrogens is 2. The van der Waals surface area contributed by atoms with Gasteiger partial charge in [0.2, 0.25) is 0 Å². The number of carbonyl (C=O) groups excluding carboxylic acids is 1. The first-order valence-electron chi connectivity index (χ1n) is 9.94. The largest absolute Gasteiger partial charge is 0.345 e. The maximum atomic E-state index is 13.9. The van der Waals surface area contributed by atoms with E-state index in [2.05, 4.69) is 9.97 Å². The Balaban J connectivity index is 1.42. The SMILES string of the molecule is O=C(c1cccc(-c2ncc[nH]2)c1)N1CCC[C@H](CCc2c(F)cccc2F)C1. The minimum Gasteiger partial charge on any atom is -0.345 e.